The molecule has 0 bridgehead atoms. The SMILES string of the molecule is COc1cccc2c1OC[C@@H](NC(=O)C(=O)Nc1ccc(F)cc1)C2. The normalized spacial score (nSPS) is 15.5. The van der Waals surface area contributed by atoms with Gasteiger partial charge in [-0.2, -0.15) is 0 Å². The van der Waals surface area contributed by atoms with Gasteiger partial charge in [-0.3, -0.25) is 9.59 Å². The number of nitrogens with one attached hydrogen (secondary N) is 2. The van der Waals surface area contributed by atoms with E-state index in [2.05, 4.69) is 10.6 Å². The Labute approximate surface area is 143 Å². The van der Waals surface area contributed by atoms with Crippen LogP contribution < -0.4 is 20.1 Å². The molecule has 3 rings (SSSR count). The van der Waals surface area contributed by atoms with Gasteiger partial charge in [0.2, 0.25) is 0 Å². The van der Waals surface area contributed by atoms with Gasteiger partial charge in [0.15, 0.2) is 11.5 Å². The van der Waals surface area contributed by atoms with Gasteiger partial charge in [0, 0.05) is 11.3 Å². The Bertz CT molecular complexity index is 792. The standard InChI is InChI=1S/C18H17FN2O4/c1-24-15-4-2-3-11-9-14(10-25-16(11)15)21-18(23)17(22)20-13-7-5-12(19)6-8-13/h2-8,14H,9-10H2,1H3,(H,20,22)(H,21,23)/t14-/m0/s1. The highest BCUT2D eigenvalue weighted by Gasteiger charge is 2.26. The zero-order chi connectivity index (χ0) is 17.8. The third kappa shape index (κ3) is 3.88. The topological polar surface area (TPSA) is 76.7 Å². The van der Waals surface area contributed by atoms with Gasteiger partial charge in [0.25, 0.3) is 0 Å². The van der Waals surface area contributed by atoms with Crippen LogP contribution in [0, 0.1) is 5.82 Å². The molecule has 7 heteroatoms. The van der Waals surface area contributed by atoms with Gasteiger partial charge < -0.3 is 20.1 Å². The molecule has 2 amide bonds. The van der Waals surface area contributed by atoms with Crippen LogP contribution >= 0.6 is 0 Å². The summed E-state index contributed by atoms with van der Waals surface area (Å²) in [5, 5.41) is 5.06. The minimum Gasteiger partial charge on any atom is -0.493 e. The summed E-state index contributed by atoms with van der Waals surface area (Å²) in [5.41, 5.74) is 1.24. The first-order chi connectivity index (χ1) is 12.1. The Morgan fingerprint density at radius 3 is 2.64 bits per heavy atom. The van der Waals surface area contributed by atoms with E-state index in [0.29, 0.717) is 23.6 Å². The molecule has 2 aromatic rings. The van der Waals surface area contributed by atoms with Gasteiger partial charge in [0.05, 0.1) is 13.2 Å². The number of benzene rings is 2. The van der Waals surface area contributed by atoms with Crippen molar-refractivity contribution in [3.8, 4) is 11.5 Å². The van der Waals surface area contributed by atoms with E-state index in [4.69, 9.17) is 9.47 Å². The number of para-hydroxylation sites is 1. The predicted molar refractivity (Wildman–Crippen MR) is 89.2 cm³/mol. The molecule has 0 saturated heterocycles. The maximum Gasteiger partial charge on any atom is 0.313 e. The molecule has 0 fully saturated rings. The number of carbonyl (C=O) groups excluding carboxylic acids is 2. The zero-order valence-corrected chi connectivity index (χ0v) is 13.5. The van der Waals surface area contributed by atoms with E-state index in [1.54, 1.807) is 13.2 Å². The fourth-order valence-corrected chi connectivity index (χ4v) is 2.62. The number of hydrogen-bond acceptors (Lipinski definition) is 4. The molecule has 0 aliphatic carbocycles. The van der Waals surface area contributed by atoms with Crippen molar-refractivity contribution in [2.24, 2.45) is 0 Å². The fourth-order valence-electron chi connectivity index (χ4n) is 2.62. The largest absolute Gasteiger partial charge is 0.493 e. The molecule has 1 aliphatic rings. The highest BCUT2D eigenvalue weighted by atomic mass is 19.1. The van der Waals surface area contributed by atoms with Crippen LogP contribution in [-0.2, 0) is 16.0 Å². The highest BCUT2D eigenvalue weighted by Crippen LogP contribution is 2.34. The van der Waals surface area contributed by atoms with Crippen LogP contribution in [0.2, 0.25) is 0 Å². The molecule has 0 spiro atoms. The summed E-state index contributed by atoms with van der Waals surface area (Å²) >= 11 is 0. The molecule has 130 valence electrons. The van der Waals surface area contributed by atoms with Crippen molar-refractivity contribution in [1.29, 1.82) is 0 Å². The van der Waals surface area contributed by atoms with Crippen molar-refractivity contribution in [3.05, 3.63) is 53.8 Å². The number of hydrogen-bond donors (Lipinski definition) is 2. The summed E-state index contributed by atoms with van der Waals surface area (Å²) in [6, 6.07) is 10.4. The highest BCUT2D eigenvalue weighted by molar-refractivity contribution is 6.39. The number of anilines is 1. The maximum absolute atomic E-state index is 12.9. The van der Waals surface area contributed by atoms with Crippen LogP contribution in [0.1, 0.15) is 5.56 Å². The lowest BCUT2D eigenvalue weighted by atomic mass is 10.0. The second-order valence-electron chi connectivity index (χ2n) is 5.60. The second-order valence-corrected chi connectivity index (χ2v) is 5.60. The minimum atomic E-state index is -0.817. The second kappa shape index (κ2) is 7.21. The Kier molecular flexibility index (Phi) is 4.83. The van der Waals surface area contributed by atoms with Crippen molar-refractivity contribution in [2.75, 3.05) is 19.0 Å². The van der Waals surface area contributed by atoms with Gasteiger partial charge in [-0.05, 0) is 36.8 Å². The summed E-state index contributed by atoms with van der Waals surface area (Å²) < 4.78 is 23.7. The van der Waals surface area contributed by atoms with Crippen molar-refractivity contribution >= 4 is 17.5 Å². The van der Waals surface area contributed by atoms with Gasteiger partial charge in [0.1, 0.15) is 12.4 Å². The van der Waals surface area contributed by atoms with E-state index in [0.717, 1.165) is 5.56 Å². The predicted octanol–water partition coefficient (Wildman–Crippen LogP) is 1.89. The Hall–Kier alpha value is -3.09. The average molecular weight is 344 g/mol. The number of ether oxygens (including phenoxy) is 2. The number of carbonyl (C=O) groups is 2. The molecular weight excluding hydrogens is 327 g/mol. The first kappa shape index (κ1) is 16.8. The van der Waals surface area contributed by atoms with E-state index in [9.17, 15) is 14.0 Å². The van der Waals surface area contributed by atoms with Crippen LogP contribution in [-0.4, -0.2) is 31.6 Å². The smallest absolute Gasteiger partial charge is 0.313 e. The lowest BCUT2D eigenvalue weighted by Crippen LogP contribution is -2.47. The van der Waals surface area contributed by atoms with E-state index in [1.807, 2.05) is 12.1 Å². The third-order valence-corrected chi connectivity index (χ3v) is 3.82. The lowest BCUT2D eigenvalue weighted by Gasteiger charge is -2.26. The van der Waals surface area contributed by atoms with Crippen LogP contribution in [0.4, 0.5) is 10.1 Å². The Morgan fingerprint density at radius 2 is 1.92 bits per heavy atom. The number of amides is 2. The molecule has 1 aliphatic heterocycles. The van der Waals surface area contributed by atoms with Gasteiger partial charge in [-0.25, -0.2) is 4.39 Å². The van der Waals surface area contributed by atoms with Gasteiger partial charge in [-0.15, -0.1) is 0 Å². The summed E-state index contributed by atoms with van der Waals surface area (Å²) in [7, 11) is 1.56. The number of fused-ring (bicyclic) bond motifs is 1. The molecule has 0 saturated carbocycles. The van der Waals surface area contributed by atoms with Crippen molar-refractivity contribution in [1.82, 2.24) is 5.32 Å². The van der Waals surface area contributed by atoms with Crippen LogP contribution in [0.15, 0.2) is 42.5 Å². The molecule has 25 heavy (non-hydrogen) atoms. The molecule has 6 nitrogen and oxygen atoms in total. The summed E-state index contributed by atoms with van der Waals surface area (Å²) in [4.78, 5) is 24.0. The third-order valence-electron chi connectivity index (χ3n) is 3.82. The number of methoxy groups -OCH3 is 1. The van der Waals surface area contributed by atoms with Crippen LogP contribution in [0.3, 0.4) is 0 Å². The first-order valence-corrected chi connectivity index (χ1v) is 7.73. The summed E-state index contributed by atoms with van der Waals surface area (Å²) in [6.07, 6.45) is 0.530. The maximum atomic E-state index is 12.9. The van der Waals surface area contributed by atoms with E-state index in [1.165, 1.54) is 24.3 Å². The number of halogens is 1. The fraction of sp³-hybridized carbons (Fsp3) is 0.222. The lowest BCUT2D eigenvalue weighted by molar-refractivity contribution is -0.136. The zero-order valence-electron chi connectivity index (χ0n) is 13.5. The number of rotatable bonds is 3. The van der Waals surface area contributed by atoms with Gasteiger partial charge in [-0.1, -0.05) is 12.1 Å². The van der Waals surface area contributed by atoms with Crippen LogP contribution in [0.5, 0.6) is 11.5 Å². The quantitative estimate of drug-likeness (QED) is 0.834. The average Bonchev–Trinajstić information content (AvgIpc) is 2.62. The van der Waals surface area contributed by atoms with Crippen molar-refractivity contribution in [3.63, 3.8) is 0 Å². The van der Waals surface area contributed by atoms with E-state index < -0.39 is 17.6 Å². The molecular formula is C18H17FN2O4. The molecule has 2 N–H and O–H groups in total. The Morgan fingerprint density at radius 1 is 1.16 bits per heavy atom. The van der Waals surface area contributed by atoms with Crippen molar-refractivity contribution in [2.45, 2.75) is 12.5 Å². The van der Waals surface area contributed by atoms with Crippen LogP contribution in [0.25, 0.3) is 0 Å². The van der Waals surface area contributed by atoms with Crippen molar-refractivity contribution < 1.29 is 23.5 Å². The Balaban J connectivity index is 1.59. The molecule has 0 aromatic heterocycles. The first-order valence-electron chi connectivity index (χ1n) is 7.73. The molecule has 2 aromatic carbocycles. The monoisotopic (exact) mass is 344 g/mol. The minimum absolute atomic E-state index is 0.239. The van der Waals surface area contributed by atoms with Gasteiger partial charge >= 0.3 is 11.8 Å². The molecule has 0 radical (unpaired) electrons. The molecule has 1 atom stereocenters. The molecule has 0 unspecified atom stereocenters. The van der Waals surface area contributed by atoms with E-state index in [-0.39, 0.29) is 12.6 Å². The van der Waals surface area contributed by atoms with E-state index >= 15 is 0 Å². The summed E-state index contributed by atoms with van der Waals surface area (Å²) in [5.74, 6) is -0.717. The molecule has 1 heterocycles. The summed E-state index contributed by atoms with van der Waals surface area (Å²) in [6.45, 7) is 0.239.